The van der Waals surface area contributed by atoms with Crippen molar-refractivity contribution in [2.24, 2.45) is 20.7 Å². The molecule has 0 radical (unpaired) electrons. The third-order valence-electron chi connectivity index (χ3n) is 9.42. The largest absolute Gasteiger partial charge is 0.477 e. The van der Waals surface area contributed by atoms with Crippen LogP contribution in [-0.4, -0.2) is 25.7 Å². The van der Waals surface area contributed by atoms with E-state index in [0.717, 1.165) is 45.4 Å². The molecule has 0 fully saturated rings. The van der Waals surface area contributed by atoms with Gasteiger partial charge in [0.25, 0.3) is 0 Å². The zero-order valence-corrected chi connectivity index (χ0v) is 27.6. The monoisotopic (exact) mass is 660 g/mol. The van der Waals surface area contributed by atoms with E-state index in [1.807, 2.05) is 104 Å². The zero-order chi connectivity index (χ0) is 34.6. The number of aliphatic hydroxyl groups excluding tert-OH is 1. The molecule has 0 amide bonds. The van der Waals surface area contributed by atoms with E-state index in [9.17, 15) is 15.0 Å². The van der Waals surface area contributed by atoms with Crippen LogP contribution in [0.3, 0.4) is 0 Å². The Balaban J connectivity index is 1.40. The first-order chi connectivity index (χ1) is 24.5. The van der Waals surface area contributed by atoms with Crippen molar-refractivity contribution in [2.45, 2.75) is 44.0 Å². The molecule has 7 rings (SSSR count). The number of aromatic nitrogens is 2. The molecule has 6 aromatic rings. The van der Waals surface area contributed by atoms with Gasteiger partial charge >= 0.3 is 5.97 Å². The van der Waals surface area contributed by atoms with Gasteiger partial charge in [0.05, 0.1) is 17.7 Å². The van der Waals surface area contributed by atoms with Gasteiger partial charge in [-0.25, -0.2) is 9.78 Å². The number of rotatable bonds is 12. The summed E-state index contributed by atoms with van der Waals surface area (Å²) < 4.78 is 1.70. The molecule has 0 saturated carbocycles. The van der Waals surface area contributed by atoms with Gasteiger partial charge in [0, 0.05) is 18.5 Å². The van der Waals surface area contributed by atoms with Gasteiger partial charge in [0.1, 0.15) is 5.82 Å². The Kier molecular flexibility index (Phi) is 8.98. The van der Waals surface area contributed by atoms with Crippen molar-refractivity contribution in [3.8, 4) is 11.1 Å². The lowest BCUT2D eigenvalue weighted by Crippen LogP contribution is -2.48. The minimum Gasteiger partial charge on any atom is -0.477 e. The molecule has 2 N–H and O–H groups in total. The first kappa shape index (κ1) is 32.5. The Morgan fingerprint density at radius 1 is 0.720 bits per heavy atom. The molecule has 1 aliphatic heterocycles. The normalized spacial score (nSPS) is 13.5. The fraction of sp³-hybridized carbons (Fsp3) is 0.171. The standard InChI is InChI=1S/C41H36N6O3/c1-2-14-37-42-36(28-48)38(39(49)50)47(37)27-29-23-25-30(26-24-29)34-21-12-13-22-35(34)41(43-45-46-44-41)40(31-15-6-3-7-16-31,32-17-8-4-9-18-32)33-19-10-5-11-20-33/h3-13,15-26,48H,2,14,27-28H2,1H3,(H,49,50). The second kappa shape index (κ2) is 13.8. The van der Waals surface area contributed by atoms with E-state index >= 15 is 0 Å². The van der Waals surface area contributed by atoms with E-state index in [1.165, 1.54) is 0 Å². The van der Waals surface area contributed by atoms with E-state index in [0.29, 0.717) is 18.8 Å². The van der Waals surface area contributed by atoms with Crippen molar-refractivity contribution in [3.63, 3.8) is 0 Å². The van der Waals surface area contributed by atoms with Gasteiger partial charge in [0.2, 0.25) is 5.66 Å². The maximum absolute atomic E-state index is 12.2. The molecule has 0 unspecified atom stereocenters. The fourth-order valence-electron chi connectivity index (χ4n) is 7.32. The number of aromatic carboxylic acids is 1. The highest BCUT2D eigenvalue weighted by Crippen LogP contribution is 2.58. The van der Waals surface area contributed by atoms with Gasteiger partial charge in [-0.2, -0.15) is 0 Å². The molecule has 0 aliphatic carbocycles. The maximum atomic E-state index is 12.2. The number of carbonyl (C=O) groups is 1. The first-order valence-corrected chi connectivity index (χ1v) is 16.7. The van der Waals surface area contributed by atoms with Gasteiger partial charge in [-0.1, -0.05) is 146 Å². The van der Waals surface area contributed by atoms with Crippen LogP contribution in [0.25, 0.3) is 11.1 Å². The molecule has 5 aromatic carbocycles. The highest BCUT2D eigenvalue weighted by Gasteiger charge is 2.60. The Labute approximate surface area is 290 Å². The lowest BCUT2D eigenvalue weighted by atomic mass is 9.59. The Morgan fingerprint density at radius 3 is 1.74 bits per heavy atom. The summed E-state index contributed by atoms with van der Waals surface area (Å²) in [4.78, 5) is 16.7. The molecule has 2 heterocycles. The van der Waals surface area contributed by atoms with E-state index in [2.05, 4.69) is 57.9 Å². The molecule has 1 aromatic heterocycles. The van der Waals surface area contributed by atoms with Gasteiger partial charge in [-0.15, -0.1) is 10.2 Å². The number of hydrogen-bond donors (Lipinski definition) is 2. The van der Waals surface area contributed by atoms with Crippen LogP contribution in [0.5, 0.6) is 0 Å². The van der Waals surface area contributed by atoms with Gasteiger partial charge in [-0.05, 0) is 50.2 Å². The van der Waals surface area contributed by atoms with Crippen LogP contribution in [0, 0.1) is 0 Å². The Hall–Kier alpha value is -6.06. The molecule has 9 heteroatoms. The van der Waals surface area contributed by atoms with Crippen molar-refractivity contribution in [1.29, 1.82) is 0 Å². The number of imidazole rings is 1. The maximum Gasteiger partial charge on any atom is 0.354 e. The molecule has 0 spiro atoms. The quantitative estimate of drug-likeness (QED) is 0.127. The predicted octanol–water partition coefficient (Wildman–Crippen LogP) is 8.76. The summed E-state index contributed by atoms with van der Waals surface area (Å²) in [6.45, 7) is 1.88. The molecular weight excluding hydrogens is 624 g/mol. The molecule has 9 nitrogen and oxygen atoms in total. The van der Waals surface area contributed by atoms with E-state index in [-0.39, 0.29) is 11.4 Å². The van der Waals surface area contributed by atoms with Crippen molar-refractivity contribution < 1.29 is 15.0 Å². The third-order valence-corrected chi connectivity index (χ3v) is 9.42. The van der Waals surface area contributed by atoms with Gasteiger partial charge in [-0.3, -0.25) is 0 Å². The van der Waals surface area contributed by atoms with Crippen molar-refractivity contribution in [1.82, 2.24) is 9.55 Å². The van der Waals surface area contributed by atoms with Crippen LogP contribution in [0.1, 0.15) is 63.2 Å². The second-order valence-corrected chi connectivity index (χ2v) is 12.3. The average Bonchev–Trinajstić information content (AvgIpc) is 3.80. The summed E-state index contributed by atoms with van der Waals surface area (Å²) in [6.07, 6.45) is 1.40. The SMILES string of the molecule is CCCc1nc(CO)c(C(=O)O)n1Cc1ccc(-c2ccccc2C2(C(c3ccccc3)(c3ccccc3)c3ccccc3)N=NN=N2)cc1. The van der Waals surface area contributed by atoms with E-state index in [1.54, 1.807) is 4.57 Å². The highest BCUT2D eigenvalue weighted by molar-refractivity contribution is 5.87. The molecule has 0 saturated heterocycles. The second-order valence-electron chi connectivity index (χ2n) is 12.3. The molecule has 248 valence electrons. The predicted molar refractivity (Wildman–Crippen MR) is 191 cm³/mol. The van der Waals surface area contributed by atoms with Gasteiger partial charge < -0.3 is 14.8 Å². The van der Waals surface area contributed by atoms with Gasteiger partial charge in [0.15, 0.2) is 5.69 Å². The minimum atomic E-state index is -1.32. The average molecular weight is 661 g/mol. The van der Waals surface area contributed by atoms with Crippen LogP contribution in [-0.2, 0) is 30.7 Å². The number of aliphatic hydroxyl groups is 1. The summed E-state index contributed by atoms with van der Waals surface area (Å²) in [7, 11) is 0. The number of carboxylic acids is 1. The summed E-state index contributed by atoms with van der Waals surface area (Å²) in [6, 6.07) is 47.0. The van der Waals surface area contributed by atoms with E-state index in [4.69, 9.17) is 10.2 Å². The Bertz CT molecular complexity index is 2050. The van der Waals surface area contributed by atoms with Crippen LogP contribution < -0.4 is 0 Å². The lowest BCUT2D eigenvalue weighted by Gasteiger charge is -2.45. The van der Waals surface area contributed by atoms with Crippen LogP contribution in [0.2, 0.25) is 0 Å². The number of benzene rings is 5. The number of hydrogen-bond acceptors (Lipinski definition) is 7. The Morgan fingerprint density at radius 2 is 1.24 bits per heavy atom. The molecule has 1 aliphatic rings. The topological polar surface area (TPSA) is 125 Å². The molecule has 0 bridgehead atoms. The molecule has 0 atom stereocenters. The van der Waals surface area contributed by atoms with Crippen molar-refractivity contribution in [2.75, 3.05) is 0 Å². The molecule has 50 heavy (non-hydrogen) atoms. The number of nitrogens with zero attached hydrogens (tertiary/aromatic N) is 6. The van der Waals surface area contributed by atoms with Crippen molar-refractivity contribution >= 4 is 5.97 Å². The number of aryl methyl sites for hydroxylation is 1. The van der Waals surface area contributed by atoms with Crippen molar-refractivity contribution in [3.05, 3.63) is 185 Å². The highest BCUT2D eigenvalue weighted by atomic mass is 16.4. The lowest BCUT2D eigenvalue weighted by molar-refractivity contribution is 0.0681. The summed E-state index contributed by atoms with van der Waals surface area (Å²) in [5.74, 6) is -0.472. The summed E-state index contributed by atoms with van der Waals surface area (Å²) >= 11 is 0. The van der Waals surface area contributed by atoms with Crippen LogP contribution >= 0.6 is 0 Å². The third kappa shape index (κ3) is 5.41. The zero-order valence-electron chi connectivity index (χ0n) is 27.6. The smallest absolute Gasteiger partial charge is 0.354 e. The van der Waals surface area contributed by atoms with Crippen LogP contribution in [0.15, 0.2) is 160 Å². The van der Waals surface area contributed by atoms with Crippen LogP contribution in [0.4, 0.5) is 0 Å². The fourth-order valence-corrected chi connectivity index (χ4v) is 7.32. The summed E-state index contributed by atoms with van der Waals surface area (Å²) in [5.41, 5.74) is 4.43. The number of carboxylic acid groups (broad SMARTS) is 1. The minimum absolute atomic E-state index is 0.0170. The van der Waals surface area contributed by atoms with E-state index < -0.39 is 23.7 Å². The molecular formula is C41H36N6O3. The summed E-state index contributed by atoms with van der Waals surface area (Å²) in [5, 5.41) is 38.2. The first-order valence-electron chi connectivity index (χ1n) is 16.7.